The van der Waals surface area contributed by atoms with Crippen LogP contribution in [-0.4, -0.2) is 40.2 Å². The predicted molar refractivity (Wildman–Crippen MR) is 70.2 cm³/mol. The fourth-order valence-electron chi connectivity index (χ4n) is 1.73. The average Bonchev–Trinajstić information content (AvgIpc) is 2.34. The molecule has 0 spiro atoms. The van der Waals surface area contributed by atoms with Gasteiger partial charge in [0, 0.05) is 19.3 Å². The van der Waals surface area contributed by atoms with Crippen LogP contribution >= 0.6 is 0 Å². The van der Waals surface area contributed by atoms with Gasteiger partial charge in [-0.3, -0.25) is 9.59 Å². The van der Waals surface area contributed by atoms with Crippen molar-refractivity contribution in [3.63, 3.8) is 0 Å². The molecule has 1 heterocycles. The summed E-state index contributed by atoms with van der Waals surface area (Å²) in [7, 11) is 0. The van der Waals surface area contributed by atoms with Gasteiger partial charge in [0.1, 0.15) is 5.82 Å². The first kappa shape index (κ1) is 14.9. The number of aromatic nitrogens is 1. The Bertz CT molecular complexity index is 462. The molecule has 6 nitrogen and oxygen atoms in total. The summed E-state index contributed by atoms with van der Waals surface area (Å²) in [5.74, 6) is -1.78. The molecule has 0 saturated carbocycles. The molecule has 0 aliphatic carbocycles. The number of carboxylic acids is 2. The van der Waals surface area contributed by atoms with E-state index in [2.05, 4.69) is 4.98 Å². The van der Waals surface area contributed by atoms with Crippen LogP contribution in [0.15, 0.2) is 18.3 Å². The second-order valence-electron chi connectivity index (χ2n) is 4.47. The summed E-state index contributed by atoms with van der Waals surface area (Å²) in [5, 5.41) is 17.7. The van der Waals surface area contributed by atoms with E-state index in [0.717, 1.165) is 5.56 Å². The monoisotopic (exact) mass is 266 g/mol. The average molecular weight is 266 g/mol. The minimum absolute atomic E-state index is 0.0532. The van der Waals surface area contributed by atoms with Gasteiger partial charge < -0.3 is 15.1 Å². The molecular weight excluding hydrogens is 248 g/mol. The number of carboxylic acid groups (broad SMARTS) is 2. The van der Waals surface area contributed by atoms with Gasteiger partial charge in [0.05, 0.1) is 12.3 Å². The maximum atomic E-state index is 10.9. The smallest absolute Gasteiger partial charge is 0.308 e. The number of carbonyl (C=O) groups is 2. The van der Waals surface area contributed by atoms with Gasteiger partial charge in [0.15, 0.2) is 0 Å². The lowest BCUT2D eigenvalue weighted by atomic mass is 10.1. The van der Waals surface area contributed by atoms with Crippen LogP contribution in [0, 0.1) is 12.8 Å². The molecule has 104 valence electrons. The Labute approximate surface area is 111 Å². The summed E-state index contributed by atoms with van der Waals surface area (Å²) in [4.78, 5) is 27.5. The molecule has 1 unspecified atom stereocenters. The zero-order valence-electron chi connectivity index (χ0n) is 11.0. The van der Waals surface area contributed by atoms with E-state index >= 15 is 0 Å². The number of nitrogens with zero attached hydrogens (tertiary/aromatic N) is 2. The Morgan fingerprint density at radius 1 is 1.42 bits per heavy atom. The van der Waals surface area contributed by atoms with Gasteiger partial charge in [-0.15, -0.1) is 0 Å². The van der Waals surface area contributed by atoms with Crippen molar-refractivity contribution in [2.75, 3.05) is 18.0 Å². The number of aryl methyl sites for hydroxylation is 1. The van der Waals surface area contributed by atoms with Crippen molar-refractivity contribution in [1.29, 1.82) is 0 Å². The zero-order valence-corrected chi connectivity index (χ0v) is 11.0. The van der Waals surface area contributed by atoms with Gasteiger partial charge in [0.2, 0.25) is 0 Å². The number of pyridine rings is 1. The first-order chi connectivity index (χ1) is 8.91. The van der Waals surface area contributed by atoms with Crippen molar-refractivity contribution in [1.82, 2.24) is 4.98 Å². The maximum Gasteiger partial charge on any atom is 0.308 e. The number of rotatable bonds is 7. The van der Waals surface area contributed by atoms with Crippen LogP contribution in [0.2, 0.25) is 0 Å². The van der Waals surface area contributed by atoms with Crippen LogP contribution in [0.1, 0.15) is 18.9 Å². The first-order valence-electron chi connectivity index (χ1n) is 6.03. The van der Waals surface area contributed by atoms with E-state index in [9.17, 15) is 9.59 Å². The lowest BCUT2D eigenvalue weighted by Gasteiger charge is -2.26. The molecule has 0 amide bonds. The van der Waals surface area contributed by atoms with E-state index < -0.39 is 17.9 Å². The van der Waals surface area contributed by atoms with Crippen molar-refractivity contribution in [3.05, 3.63) is 23.9 Å². The Kier molecular flexibility index (Phi) is 5.29. The topological polar surface area (TPSA) is 90.7 Å². The van der Waals surface area contributed by atoms with Gasteiger partial charge in [-0.25, -0.2) is 4.98 Å². The Morgan fingerprint density at radius 2 is 2.11 bits per heavy atom. The molecule has 1 rings (SSSR count). The van der Waals surface area contributed by atoms with Crippen molar-refractivity contribution >= 4 is 17.8 Å². The zero-order chi connectivity index (χ0) is 14.4. The van der Waals surface area contributed by atoms with Gasteiger partial charge in [0.25, 0.3) is 0 Å². The first-order valence-corrected chi connectivity index (χ1v) is 6.03. The number of aliphatic carboxylic acids is 2. The van der Waals surface area contributed by atoms with Crippen molar-refractivity contribution in [3.8, 4) is 0 Å². The molecule has 0 bridgehead atoms. The molecule has 0 aliphatic rings. The number of hydrogen-bond acceptors (Lipinski definition) is 4. The molecule has 0 aliphatic heterocycles. The highest BCUT2D eigenvalue weighted by atomic mass is 16.4. The SMILES string of the molecule is Cc1cccnc1N(CCC(=O)O)CC(C)C(=O)O. The fourth-order valence-corrected chi connectivity index (χ4v) is 1.73. The third-order valence-corrected chi connectivity index (χ3v) is 2.79. The van der Waals surface area contributed by atoms with Crippen LogP contribution in [0.5, 0.6) is 0 Å². The molecule has 0 aromatic carbocycles. The Balaban J connectivity index is 2.88. The van der Waals surface area contributed by atoms with E-state index in [-0.39, 0.29) is 19.5 Å². The summed E-state index contributed by atoms with van der Waals surface area (Å²) in [6.07, 6.45) is 1.56. The van der Waals surface area contributed by atoms with Crippen LogP contribution < -0.4 is 4.90 Å². The van der Waals surface area contributed by atoms with E-state index in [1.54, 1.807) is 24.1 Å². The molecule has 0 fully saturated rings. The van der Waals surface area contributed by atoms with E-state index in [1.165, 1.54) is 0 Å². The minimum Gasteiger partial charge on any atom is -0.481 e. The van der Waals surface area contributed by atoms with Crippen molar-refractivity contribution in [2.45, 2.75) is 20.3 Å². The Morgan fingerprint density at radius 3 is 2.63 bits per heavy atom. The van der Waals surface area contributed by atoms with Crippen LogP contribution in [0.3, 0.4) is 0 Å². The van der Waals surface area contributed by atoms with E-state index in [4.69, 9.17) is 10.2 Å². The largest absolute Gasteiger partial charge is 0.481 e. The van der Waals surface area contributed by atoms with Crippen LogP contribution in [0.4, 0.5) is 5.82 Å². The Hall–Kier alpha value is -2.11. The predicted octanol–water partition coefficient (Wildman–Crippen LogP) is 1.39. The van der Waals surface area contributed by atoms with Crippen LogP contribution in [0.25, 0.3) is 0 Å². The quantitative estimate of drug-likeness (QED) is 0.775. The third kappa shape index (κ3) is 4.57. The summed E-state index contributed by atoms with van der Waals surface area (Å²) < 4.78 is 0. The van der Waals surface area contributed by atoms with Gasteiger partial charge in [-0.1, -0.05) is 13.0 Å². The van der Waals surface area contributed by atoms with Crippen molar-refractivity contribution in [2.24, 2.45) is 5.92 Å². The molecule has 0 saturated heterocycles. The fraction of sp³-hybridized carbons (Fsp3) is 0.462. The molecule has 1 atom stereocenters. The molecule has 2 N–H and O–H groups in total. The van der Waals surface area contributed by atoms with Gasteiger partial charge in [-0.05, 0) is 18.6 Å². The summed E-state index contributed by atoms with van der Waals surface area (Å²) >= 11 is 0. The highest BCUT2D eigenvalue weighted by Gasteiger charge is 2.19. The summed E-state index contributed by atoms with van der Waals surface area (Å²) in [6, 6.07) is 3.65. The summed E-state index contributed by atoms with van der Waals surface area (Å²) in [6.45, 7) is 3.93. The molecule has 1 aromatic rings. The highest BCUT2D eigenvalue weighted by Crippen LogP contribution is 2.18. The molecule has 6 heteroatoms. The van der Waals surface area contributed by atoms with Crippen LogP contribution in [-0.2, 0) is 9.59 Å². The van der Waals surface area contributed by atoms with Gasteiger partial charge in [-0.2, -0.15) is 0 Å². The van der Waals surface area contributed by atoms with Gasteiger partial charge >= 0.3 is 11.9 Å². The standard InChI is InChI=1S/C13H18N2O4/c1-9-4-3-6-14-12(9)15(7-5-11(16)17)8-10(2)13(18)19/h3-4,6,10H,5,7-8H2,1-2H3,(H,16,17)(H,18,19). The maximum absolute atomic E-state index is 10.9. The van der Waals surface area contributed by atoms with Crippen molar-refractivity contribution < 1.29 is 19.8 Å². The minimum atomic E-state index is -0.915. The molecular formula is C13H18N2O4. The normalized spacial score (nSPS) is 11.9. The molecule has 0 radical (unpaired) electrons. The second-order valence-corrected chi connectivity index (χ2v) is 4.47. The van der Waals surface area contributed by atoms with E-state index in [0.29, 0.717) is 5.82 Å². The lowest BCUT2D eigenvalue weighted by molar-refractivity contribution is -0.140. The number of anilines is 1. The third-order valence-electron chi connectivity index (χ3n) is 2.79. The lowest BCUT2D eigenvalue weighted by Crippen LogP contribution is -2.34. The highest BCUT2D eigenvalue weighted by molar-refractivity contribution is 5.71. The van der Waals surface area contributed by atoms with E-state index in [1.807, 2.05) is 13.0 Å². The second kappa shape index (κ2) is 6.72. The molecule has 1 aromatic heterocycles. The summed E-state index contributed by atoms with van der Waals surface area (Å²) in [5.41, 5.74) is 0.894. The molecule has 19 heavy (non-hydrogen) atoms. The number of hydrogen-bond donors (Lipinski definition) is 2.